The van der Waals surface area contributed by atoms with E-state index in [0.29, 0.717) is 0 Å². The van der Waals surface area contributed by atoms with Crippen molar-refractivity contribution < 1.29 is 0 Å². The lowest BCUT2D eigenvalue weighted by Crippen LogP contribution is -1.95. The van der Waals surface area contributed by atoms with Gasteiger partial charge in [-0.1, -0.05) is 78.9 Å². The number of para-hydroxylation sites is 4. The average Bonchev–Trinajstić information content (AvgIpc) is 3.38. The zero-order valence-electron chi connectivity index (χ0n) is 17.4. The molecule has 0 fully saturated rings. The van der Waals surface area contributed by atoms with E-state index in [1.54, 1.807) is 0 Å². The van der Waals surface area contributed by atoms with Crippen molar-refractivity contribution in [3.63, 3.8) is 0 Å². The molecule has 5 aromatic carbocycles. The van der Waals surface area contributed by atoms with Crippen molar-refractivity contribution in [3.8, 4) is 11.4 Å². The van der Waals surface area contributed by atoms with Gasteiger partial charge in [-0.15, -0.1) is 0 Å². The minimum atomic E-state index is 1.18. The fraction of sp³-hybridized carbons (Fsp3) is 0. The predicted octanol–water partition coefficient (Wildman–Crippen LogP) is 7.88. The Labute approximate surface area is 185 Å². The highest BCUT2D eigenvalue weighted by Crippen LogP contribution is 2.41. The van der Waals surface area contributed by atoms with E-state index in [1.165, 1.54) is 55.0 Å². The Kier molecular flexibility index (Phi) is 3.58. The SMILES string of the molecule is c1ccc(-n2c3ccccc3c3c2ccc2c4ccccc4n(-c4ccccc4)c23)cc1. The molecule has 0 radical (unpaired) electrons. The van der Waals surface area contributed by atoms with Gasteiger partial charge < -0.3 is 9.13 Å². The van der Waals surface area contributed by atoms with Crippen molar-refractivity contribution in [2.45, 2.75) is 0 Å². The van der Waals surface area contributed by atoms with Crippen LogP contribution in [0.4, 0.5) is 0 Å². The lowest BCUT2D eigenvalue weighted by Gasteiger charge is -2.09. The van der Waals surface area contributed by atoms with Crippen LogP contribution >= 0.6 is 0 Å². The highest BCUT2D eigenvalue weighted by atomic mass is 15.0. The highest BCUT2D eigenvalue weighted by molar-refractivity contribution is 6.26. The van der Waals surface area contributed by atoms with Crippen molar-refractivity contribution >= 4 is 43.6 Å². The molecule has 0 atom stereocenters. The first-order valence-corrected chi connectivity index (χ1v) is 11.0. The van der Waals surface area contributed by atoms with Gasteiger partial charge in [0.1, 0.15) is 0 Å². The largest absolute Gasteiger partial charge is 0.309 e. The number of hydrogen-bond donors (Lipinski definition) is 0. The van der Waals surface area contributed by atoms with E-state index in [1.807, 2.05) is 0 Å². The van der Waals surface area contributed by atoms with Gasteiger partial charge in [0, 0.05) is 32.9 Å². The quantitative estimate of drug-likeness (QED) is 0.275. The Morgan fingerprint density at radius 1 is 0.344 bits per heavy atom. The van der Waals surface area contributed by atoms with E-state index in [4.69, 9.17) is 0 Å². The number of hydrogen-bond acceptors (Lipinski definition) is 0. The van der Waals surface area contributed by atoms with Crippen LogP contribution in [0.3, 0.4) is 0 Å². The van der Waals surface area contributed by atoms with Gasteiger partial charge in [0.15, 0.2) is 0 Å². The monoisotopic (exact) mass is 408 g/mol. The highest BCUT2D eigenvalue weighted by Gasteiger charge is 2.20. The second-order valence-corrected chi connectivity index (χ2v) is 8.23. The standard InChI is InChI=1S/C30H20N2/c1-3-11-21(12-4-1)31-27-18-10-8-16-25(27)29-28(31)20-19-24-23-15-7-9-17-26(23)32(30(24)29)22-13-5-2-6-14-22/h1-20H. The summed E-state index contributed by atoms with van der Waals surface area (Å²) in [5.74, 6) is 0. The Morgan fingerprint density at radius 2 is 0.875 bits per heavy atom. The van der Waals surface area contributed by atoms with Crippen LogP contribution in [-0.4, -0.2) is 9.13 Å². The number of rotatable bonds is 2. The Morgan fingerprint density at radius 3 is 1.56 bits per heavy atom. The predicted molar refractivity (Wildman–Crippen MR) is 135 cm³/mol. The summed E-state index contributed by atoms with van der Waals surface area (Å²) >= 11 is 0. The molecule has 0 bridgehead atoms. The molecule has 7 aromatic rings. The molecular formula is C30H20N2. The van der Waals surface area contributed by atoms with Gasteiger partial charge >= 0.3 is 0 Å². The lowest BCUT2D eigenvalue weighted by atomic mass is 10.1. The topological polar surface area (TPSA) is 9.86 Å². The van der Waals surface area contributed by atoms with Crippen molar-refractivity contribution in [3.05, 3.63) is 121 Å². The summed E-state index contributed by atoms with van der Waals surface area (Å²) in [5, 5.41) is 5.14. The first-order chi connectivity index (χ1) is 15.9. The molecule has 0 aliphatic rings. The second-order valence-electron chi connectivity index (χ2n) is 8.23. The third kappa shape index (κ3) is 2.29. The minimum absolute atomic E-state index is 1.18. The van der Waals surface area contributed by atoms with Crippen LogP contribution < -0.4 is 0 Å². The fourth-order valence-electron chi connectivity index (χ4n) is 5.21. The molecule has 150 valence electrons. The summed E-state index contributed by atoms with van der Waals surface area (Å²) in [4.78, 5) is 0. The van der Waals surface area contributed by atoms with Gasteiger partial charge in [0.2, 0.25) is 0 Å². The number of fused-ring (bicyclic) bond motifs is 7. The molecule has 0 unspecified atom stereocenters. The molecule has 0 saturated carbocycles. The third-order valence-corrected chi connectivity index (χ3v) is 6.50. The molecule has 7 rings (SSSR count). The van der Waals surface area contributed by atoms with Crippen molar-refractivity contribution in [2.75, 3.05) is 0 Å². The second kappa shape index (κ2) is 6.60. The van der Waals surface area contributed by atoms with Crippen LogP contribution in [0.5, 0.6) is 0 Å². The normalized spacial score (nSPS) is 11.8. The smallest absolute Gasteiger partial charge is 0.0641 e. The number of benzene rings is 5. The number of aromatic nitrogens is 2. The molecule has 0 amide bonds. The third-order valence-electron chi connectivity index (χ3n) is 6.50. The first-order valence-electron chi connectivity index (χ1n) is 11.0. The Hall–Kier alpha value is -4.30. The molecule has 2 heterocycles. The maximum absolute atomic E-state index is 2.43. The van der Waals surface area contributed by atoms with Gasteiger partial charge in [-0.25, -0.2) is 0 Å². The molecule has 0 spiro atoms. The summed E-state index contributed by atoms with van der Waals surface area (Å²) in [6, 6.07) is 43.4. The van der Waals surface area contributed by atoms with E-state index in [2.05, 4.69) is 130 Å². The van der Waals surface area contributed by atoms with Gasteiger partial charge in [-0.05, 0) is 42.5 Å². The summed E-state index contributed by atoms with van der Waals surface area (Å²) in [5.41, 5.74) is 7.32. The number of nitrogens with zero attached hydrogens (tertiary/aromatic N) is 2. The van der Waals surface area contributed by atoms with Crippen LogP contribution in [0.2, 0.25) is 0 Å². The van der Waals surface area contributed by atoms with Crippen LogP contribution in [0.1, 0.15) is 0 Å². The van der Waals surface area contributed by atoms with Crippen LogP contribution in [-0.2, 0) is 0 Å². The zero-order chi connectivity index (χ0) is 21.1. The Balaban J connectivity index is 1.77. The van der Waals surface area contributed by atoms with E-state index in [9.17, 15) is 0 Å². The average molecular weight is 409 g/mol. The van der Waals surface area contributed by atoms with E-state index < -0.39 is 0 Å². The van der Waals surface area contributed by atoms with E-state index in [0.717, 1.165) is 0 Å². The van der Waals surface area contributed by atoms with Gasteiger partial charge in [-0.2, -0.15) is 0 Å². The molecule has 0 aliphatic carbocycles. The molecule has 2 nitrogen and oxygen atoms in total. The van der Waals surface area contributed by atoms with Gasteiger partial charge in [0.05, 0.1) is 22.1 Å². The molecule has 2 aromatic heterocycles. The zero-order valence-corrected chi connectivity index (χ0v) is 17.4. The summed E-state index contributed by atoms with van der Waals surface area (Å²) < 4.78 is 4.81. The lowest BCUT2D eigenvalue weighted by molar-refractivity contribution is 1.17. The van der Waals surface area contributed by atoms with Crippen molar-refractivity contribution in [1.82, 2.24) is 9.13 Å². The summed E-state index contributed by atoms with van der Waals surface area (Å²) in [6.07, 6.45) is 0. The molecular weight excluding hydrogens is 388 g/mol. The fourth-order valence-corrected chi connectivity index (χ4v) is 5.21. The van der Waals surface area contributed by atoms with Gasteiger partial charge in [-0.3, -0.25) is 0 Å². The van der Waals surface area contributed by atoms with Crippen LogP contribution in [0.25, 0.3) is 55.0 Å². The minimum Gasteiger partial charge on any atom is -0.309 e. The molecule has 0 saturated heterocycles. The van der Waals surface area contributed by atoms with Crippen molar-refractivity contribution in [2.24, 2.45) is 0 Å². The summed E-state index contributed by atoms with van der Waals surface area (Å²) in [6.45, 7) is 0. The molecule has 0 N–H and O–H groups in total. The molecule has 2 heteroatoms. The van der Waals surface area contributed by atoms with Gasteiger partial charge in [0.25, 0.3) is 0 Å². The maximum atomic E-state index is 2.43. The van der Waals surface area contributed by atoms with Crippen LogP contribution in [0, 0.1) is 0 Å². The Bertz CT molecular complexity index is 1750. The first kappa shape index (κ1) is 17.4. The van der Waals surface area contributed by atoms with E-state index in [-0.39, 0.29) is 0 Å². The van der Waals surface area contributed by atoms with Crippen molar-refractivity contribution in [1.29, 1.82) is 0 Å². The summed E-state index contributed by atoms with van der Waals surface area (Å²) in [7, 11) is 0. The van der Waals surface area contributed by atoms with E-state index >= 15 is 0 Å². The maximum Gasteiger partial charge on any atom is 0.0641 e. The van der Waals surface area contributed by atoms with Crippen LogP contribution in [0.15, 0.2) is 121 Å². The molecule has 32 heavy (non-hydrogen) atoms. The molecule has 0 aliphatic heterocycles.